The van der Waals surface area contributed by atoms with E-state index in [2.05, 4.69) is 33.6 Å². The first-order valence-electron chi connectivity index (χ1n) is 6.46. The highest BCUT2D eigenvalue weighted by atomic mass is 16.3. The summed E-state index contributed by atoms with van der Waals surface area (Å²) in [7, 11) is 0. The van der Waals surface area contributed by atoms with Crippen LogP contribution in [0.2, 0.25) is 0 Å². The Morgan fingerprint density at radius 1 is 1.17 bits per heavy atom. The number of hydrogen-bond acceptors (Lipinski definition) is 5. The number of aromatic nitrogens is 2. The second kappa shape index (κ2) is 5.63. The van der Waals surface area contributed by atoms with E-state index in [0.717, 1.165) is 38.7 Å². The molecule has 5 heteroatoms. The normalized spacial score (nSPS) is 18.1. The lowest BCUT2D eigenvalue weighted by Crippen LogP contribution is -2.50. The van der Waals surface area contributed by atoms with Gasteiger partial charge in [0, 0.05) is 57.1 Å². The molecule has 0 amide bonds. The van der Waals surface area contributed by atoms with Crippen LogP contribution in [0.4, 0.5) is 5.95 Å². The summed E-state index contributed by atoms with van der Waals surface area (Å²) >= 11 is 0. The van der Waals surface area contributed by atoms with Crippen molar-refractivity contribution in [3.8, 4) is 0 Å². The van der Waals surface area contributed by atoms with Gasteiger partial charge in [-0.05, 0) is 6.07 Å². The van der Waals surface area contributed by atoms with Gasteiger partial charge in [-0.25, -0.2) is 9.97 Å². The Labute approximate surface area is 108 Å². The van der Waals surface area contributed by atoms with E-state index >= 15 is 0 Å². The first kappa shape index (κ1) is 13.2. The molecule has 18 heavy (non-hydrogen) atoms. The van der Waals surface area contributed by atoms with Gasteiger partial charge in [0.05, 0.1) is 0 Å². The van der Waals surface area contributed by atoms with Gasteiger partial charge in [0.15, 0.2) is 0 Å². The first-order chi connectivity index (χ1) is 8.61. The summed E-state index contributed by atoms with van der Waals surface area (Å²) in [4.78, 5) is 13.2. The Balaban J connectivity index is 1.85. The molecule has 0 radical (unpaired) electrons. The van der Waals surface area contributed by atoms with Crippen molar-refractivity contribution >= 4 is 5.95 Å². The zero-order chi connectivity index (χ0) is 13.0. The van der Waals surface area contributed by atoms with Crippen LogP contribution in [0.5, 0.6) is 0 Å². The Kier molecular flexibility index (Phi) is 4.14. The van der Waals surface area contributed by atoms with E-state index in [-0.39, 0.29) is 12.0 Å². The van der Waals surface area contributed by atoms with Gasteiger partial charge >= 0.3 is 0 Å². The van der Waals surface area contributed by atoms with Crippen molar-refractivity contribution in [2.24, 2.45) is 5.41 Å². The van der Waals surface area contributed by atoms with Crippen LogP contribution >= 0.6 is 0 Å². The molecule has 1 aliphatic heterocycles. The van der Waals surface area contributed by atoms with Crippen LogP contribution in [-0.2, 0) is 0 Å². The lowest BCUT2D eigenvalue weighted by molar-refractivity contribution is 0.0994. The van der Waals surface area contributed by atoms with Gasteiger partial charge in [0.25, 0.3) is 0 Å². The topological polar surface area (TPSA) is 52.5 Å². The van der Waals surface area contributed by atoms with Crippen molar-refractivity contribution in [1.29, 1.82) is 0 Å². The molecule has 0 bridgehead atoms. The summed E-state index contributed by atoms with van der Waals surface area (Å²) in [6.45, 7) is 9.27. The van der Waals surface area contributed by atoms with Crippen molar-refractivity contribution in [2.45, 2.75) is 13.8 Å². The third kappa shape index (κ3) is 3.40. The number of nitrogens with zero attached hydrogens (tertiary/aromatic N) is 4. The molecule has 0 aliphatic carbocycles. The lowest BCUT2D eigenvalue weighted by Gasteiger charge is -2.38. The average Bonchev–Trinajstić information content (AvgIpc) is 2.40. The SMILES string of the molecule is CC(C)(CO)CN1CCN(c2ncccn2)CC1. The minimum atomic E-state index is -0.0224. The highest BCUT2D eigenvalue weighted by Gasteiger charge is 2.24. The summed E-state index contributed by atoms with van der Waals surface area (Å²) in [5.41, 5.74) is -0.0224. The van der Waals surface area contributed by atoms with Gasteiger partial charge in [-0.3, -0.25) is 4.90 Å². The molecule has 0 aromatic carbocycles. The summed E-state index contributed by atoms with van der Waals surface area (Å²) in [6.07, 6.45) is 3.56. The summed E-state index contributed by atoms with van der Waals surface area (Å²) in [6, 6.07) is 1.84. The van der Waals surface area contributed by atoms with Gasteiger partial charge < -0.3 is 10.0 Å². The molecule has 0 spiro atoms. The maximum atomic E-state index is 9.30. The van der Waals surface area contributed by atoms with Crippen molar-refractivity contribution in [1.82, 2.24) is 14.9 Å². The Hall–Kier alpha value is -1.20. The van der Waals surface area contributed by atoms with Crippen LogP contribution in [0, 0.1) is 5.41 Å². The smallest absolute Gasteiger partial charge is 0.225 e. The summed E-state index contributed by atoms with van der Waals surface area (Å²) < 4.78 is 0. The van der Waals surface area contributed by atoms with Crippen molar-refractivity contribution in [3.63, 3.8) is 0 Å². The fourth-order valence-electron chi connectivity index (χ4n) is 2.22. The Morgan fingerprint density at radius 3 is 2.33 bits per heavy atom. The predicted octanol–water partition coefficient (Wildman–Crippen LogP) is 0.617. The molecule has 0 unspecified atom stereocenters. The van der Waals surface area contributed by atoms with Crippen LogP contribution in [-0.4, -0.2) is 59.3 Å². The minimum absolute atomic E-state index is 0.0224. The molecule has 1 aromatic rings. The second-order valence-corrected chi connectivity index (χ2v) is 5.63. The zero-order valence-electron chi connectivity index (χ0n) is 11.2. The zero-order valence-corrected chi connectivity index (χ0v) is 11.2. The van der Waals surface area contributed by atoms with E-state index in [1.807, 2.05) is 6.07 Å². The summed E-state index contributed by atoms with van der Waals surface area (Å²) in [5.74, 6) is 0.818. The van der Waals surface area contributed by atoms with E-state index in [4.69, 9.17) is 0 Å². The molecular weight excluding hydrogens is 228 g/mol. The first-order valence-corrected chi connectivity index (χ1v) is 6.46. The highest BCUT2D eigenvalue weighted by Crippen LogP contribution is 2.18. The van der Waals surface area contributed by atoms with Crippen molar-refractivity contribution < 1.29 is 5.11 Å². The lowest BCUT2D eigenvalue weighted by atomic mass is 9.94. The van der Waals surface area contributed by atoms with E-state index in [9.17, 15) is 5.11 Å². The molecule has 1 fully saturated rings. The Bertz CT molecular complexity index is 361. The van der Waals surface area contributed by atoms with Gasteiger partial charge in [-0.2, -0.15) is 0 Å². The molecule has 1 aromatic heterocycles. The molecular formula is C13H22N4O. The molecule has 1 saturated heterocycles. The highest BCUT2D eigenvalue weighted by molar-refractivity contribution is 5.29. The molecule has 1 N–H and O–H groups in total. The minimum Gasteiger partial charge on any atom is -0.396 e. The van der Waals surface area contributed by atoms with E-state index in [1.165, 1.54) is 0 Å². The van der Waals surface area contributed by atoms with Crippen LogP contribution in [0.3, 0.4) is 0 Å². The van der Waals surface area contributed by atoms with E-state index in [0.29, 0.717) is 0 Å². The second-order valence-electron chi connectivity index (χ2n) is 5.63. The molecule has 1 aliphatic rings. The maximum Gasteiger partial charge on any atom is 0.225 e. The number of anilines is 1. The predicted molar refractivity (Wildman–Crippen MR) is 71.6 cm³/mol. The largest absolute Gasteiger partial charge is 0.396 e. The number of aliphatic hydroxyl groups is 1. The molecule has 0 saturated carbocycles. The fourth-order valence-corrected chi connectivity index (χ4v) is 2.22. The third-order valence-corrected chi connectivity index (χ3v) is 3.29. The number of rotatable bonds is 4. The third-order valence-electron chi connectivity index (χ3n) is 3.29. The quantitative estimate of drug-likeness (QED) is 0.849. The van der Waals surface area contributed by atoms with Crippen LogP contribution < -0.4 is 4.90 Å². The number of piperazine rings is 1. The van der Waals surface area contributed by atoms with Crippen molar-refractivity contribution in [3.05, 3.63) is 18.5 Å². The average molecular weight is 250 g/mol. The van der Waals surface area contributed by atoms with E-state index < -0.39 is 0 Å². The standard InChI is InChI=1S/C13H22N4O/c1-13(2,11-18)10-16-6-8-17(9-7-16)12-14-4-3-5-15-12/h3-5,18H,6-11H2,1-2H3. The van der Waals surface area contributed by atoms with Gasteiger partial charge in [-0.15, -0.1) is 0 Å². The van der Waals surface area contributed by atoms with Crippen LogP contribution in [0.15, 0.2) is 18.5 Å². The van der Waals surface area contributed by atoms with E-state index in [1.54, 1.807) is 12.4 Å². The van der Waals surface area contributed by atoms with Crippen LogP contribution in [0.25, 0.3) is 0 Å². The molecule has 0 atom stereocenters. The number of hydrogen-bond donors (Lipinski definition) is 1. The van der Waals surface area contributed by atoms with Crippen molar-refractivity contribution in [2.75, 3.05) is 44.2 Å². The monoisotopic (exact) mass is 250 g/mol. The Morgan fingerprint density at radius 2 is 1.78 bits per heavy atom. The summed E-state index contributed by atoms with van der Waals surface area (Å²) in [5, 5.41) is 9.30. The fraction of sp³-hybridized carbons (Fsp3) is 0.692. The molecule has 2 heterocycles. The van der Waals surface area contributed by atoms with Gasteiger partial charge in [0.2, 0.25) is 5.95 Å². The number of aliphatic hydroxyl groups excluding tert-OH is 1. The molecule has 5 nitrogen and oxygen atoms in total. The molecule has 2 rings (SSSR count). The van der Waals surface area contributed by atoms with Crippen LogP contribution in [0.1, 0.15) is 13.8 Å². The maximum absolute atomic E-state index is 9.30. The van der Waals surface area contributed by atoms with Gasteiger partial charge in [0.1, 0.15) is 0 Å². The molecule has 100 valence electrons. The van der Waals surface area contributed by atoms with Gasteiger partial charge in [-0.1, -0.05) is 13.8 Å².